The summed E-state index contributed by atoms with van der Waals surface area (Å²) in [5, 5.41) is 9.39. The molecule has 1 aliphatic rings. The van der Waals surface area contributed by atoms with E-state index in [0.29, 0.717) is 24.5 Å². The van der Waals surface area contributed by atoms with Gasteiger partial charge in [-0.1, -0.05) is 0 Å². The average molecular weight is 277 g/mol. The monoisotopic (exact) mass is 277 g/mol. The van der Waals surface area contributed by atoms with Crippen LogP contribution in [0.3, 0.4) is 0 Å². The number of aromatic carboxylic acids is 1. The number of pyridine rings is 1. The Morgan fingerprint density at radius 1 is 1.35 bits per heavy atom. The zero-order chi connectivity index (χ0) is 14.9. The van der Waals surface area contributed by atoms with E-state index >= 15 is 0 Å². The molecule has 6 nitrogen and oxygen atoms in total. The van der Waals surface area contributed by atoms with E-state index in [4.69, 9.17) is 0 Å². The summed E-state index contributed by atoms with van der Waals surface area (Å²) in [4.78, 5) is 31.2. The van der Waals surface area contributed by atoms with Crippen LogP contribution in [0, 0.1) is 13.8 Å². The quantitative estimate of drug-likeness (QED) is 0.875. The van der Waals surface area contributed by atoms with Crippen LogP contribution in [-0.4, -0.2) is 53.5 Å². The van der Waals surface area contributed by atoms with Crippen LogP contribution in [0.1, 0.15) is 28.0 Å². The number of carboxylic acid groups (broad SMARTS) is 1. The van der Waals surface area contributed by atoms with Crippen LogP contribution in [0.15, 0.2) is 6.07 Å². The molecule has 0 saturated carbocycles. The topological polar surface area (TPSA) is 73.7 Å². The fourth-order valence-electron chi connectivity index (χ4n) is 2.48. The first-order valence-corrected chi connectivity index (χ1v) is 6.60. The van der Waals surface area contributed by atoms with Crippen molar-refractivity contribution in [3.63, 3.8) is 0 Å². The molecule has 1 aromatic rings. The molecule has 0 bridgehead atoms. The number of nitrogens with zero attached hydrogens (tertiary/aromatic N) is 3. The van der Waals surface area contributed by atoms with E-state index in [9.17, 15) is 14.7 Å². The molecular formula is C14H19N3O3. The Kier molecular flexibility index (Phi) is 3.92. The highest BCUT2D eigenvalue weighted by molar-refractivity contribution is 5.96. The fourth-order valence-corrected chi connectivity index (χ4v) is 2.48. The minimum Gasteiger partial charge on any atom is -0.478 e. The molecule has 0 unspecified atom stereocenters. The highest BCUT2D eigenvalue weighted by Gasteiger charge is 2.25. The lowest BCUT2D eigenvalue weighted by Crippen LogP contribution is -2.35. The van der Waals surface area contributed by atoms with Gasteiger partial charge in [-0.2, -0.15) is 0 Å². The third kappa shape index (κ3) is 2.74. The maximum atomic E-state index is 12.0. The van der Waals surface area contributed by atoms with Crippen LogP contribution in [0.2, 0.25) is 0 Å². The number of carboxylic acids is 1. The van der Waals surface area contributed by atoms with Crippen LogP contribution in [0.25, 0.3) is 0 Å². The van der Waals surface area contributed by atoms with Gasteiger partial charge in [-0.25, -0.2) is 9.78 Å². The van der Waals surface area contributed by atoms with E-state index in [1.54, 1.807) is 29.8 Å². The summed E-state index contributed by atoms with van der Waals surface area (Å²) in [7, 11) is 1.76. The summed E-state index contributed by atoms with van der Waals surface area (Å²) in [6.07, 6.45) is 0.802. The second-order valence-electron chi connectivity index (χ2n) is 5.17. The lowest BCUT2D eigenvalue weighted by Gasteiger charge is -2.23. The van der Waals surface area contributed by atoms with Crippen LogP contribution >= 0.6 is 0 Å². The summed E-state index contributed by atoms with van der Waals surface area (Å²) in [6, 6.07) is 1.75. The van der Waals surface area contributed by atoms with E-state index in [1.165, 1.54) is 0 Å². The van der Waals surface area contributed by atoms with Gasteiger partial charge in [0.2, 0.25) is 5.91 Å². The Hall–Kier alpha value is -2.11. The molecule has 1 amide bonds. The predicted octanol–water partition coefficient (Wildman–Crippen LogP) is 1.07. The molecule has 0 spiro atoms. The number of amides is 1. The summed E-state index contributed by atoms with van der Waals surface area (Å²) in [5.74, 6) is -0.617. The van der Waals surface area contributed by atoms with Gasteiger partial charge >= 0.3 is 5.97 Å². The zero-order valence-corrected chi connectivity index (χ0v) is 12.0. The van der Waals surface area contributed by atoms with Gasteiger partial charge in [0.1, 0.15) is 11.4 Å². The smallest absolute Gasteiger partial charge is 0.339 e. The van der Waals surface area contributed by atoms with Crippen molar-refractivity contribution in [3.8, 4) is 0 Å². The molecule has 0 aliphatic carbocycles. The lowest BCUT2D eigenvalue weighted by molar-refractivity contribution is -0.127. The van der Waals surface area contributed by atoms with Gasteiger partial charge in [0.15, 0.2) is 0 Å². The zero-order valence-electron chi connectivity index (χ0n) is 12.0. The van der Waals surface area contributed by atoms with Gasteiger partial charge < -0.3 is 14.9 Å². The first-order chi connectivity index (χ1) is 9.40. The SMILES string of the molecule is Cc1cc(C)c(C(=O)O)c(N2CCCN(C)C(=O)C2)n1. The standard InChI is InChI=1S/C14H19N3O3/c1-9-7-10(2)15-13(12(9)14(19)20)17-6-4-5-16(3)11(18)8-17/h7H,4-6,8H2,1-3H3,(H,19,20). The summed E-state index contributed by atoms with van der Waals surface area (Å²) in [5.41, 5.74) is 1.62. The first-order valence-electron chi connectivity index (χ1n) is 6.60. The van der Waals surface area contributed by atoms with Crippen molar-refractivity contribution >= 4 is 17.7 Å². The number of carbonyl (C=O) groups is 2. The Morgan fingerprint density at radius 3 is 2.70 bits per heavy atom. The van der Waals surface area contributed by atoms with Crippen molar-refractivity contribution in [1.82, 2.24) is 9.88 Å². The molecule has 1 aliphatic heterocycles. The molecule has 1 N–H and O–H groups in total. The highest BCUT2D eigenvalue weighted by Crippen LogP contribution is 2.24. The minimum absolute atomic E-state index is 0.0141. The molecule has 0 radical (unpaired) electrons. The number of rotatable bonds is 2. The van der Waals surface area contributed by atoms with Gasteiger partial charge in [0, 0.05) is 25.8 Å². The Labute approximate surface area is 118 Å². The van der Waals surface area contributed by atoms with Crippen molar-refractivity contribution in [2.24, 2.45) is 0 Å². The second kappa shape index (κ2) is 5.48. The van der Waals surface area contributed by atoms with Crippen LogP contribution in [0.5, 0.6) is 0 Å². The predicted molar refractivity (Wildman–Crippen MR) is 75.1 cm³/mol. The molecular weight excluding hydrogens is 258 g/mol. The van der Waals surface area contributed by atoms with E-state index in [1.807, 2.05) is 6.92 Å². The maximum Gasteiger partial charge on any atom is 0.339 e. The summed E-state index contributed by atoms with van der Waals surface area (Å²) in [6.45, 7) is 5.07. The highest BCUT2D eigenvalue weighted by atomic mass is 16.4. The fraction of sp³-hybridized carbons (Fsp3) is 0.500. The Balaban J connectivity index is 2.45. The number of carbonyl (C=O) groups excluding carboxylic acids is 1. The first kappa shape index (κ1) is 14.3. The number of anilines is 1. The molecule has 2 heterocycles. The summed E-state index contributed by atoms with van der Waals surface area (Å²) >= 11 is 0. The molecule has 1 aromatic heterocycles. The van der Waals surface area contributed by atoms with Crippen molar-refractivity contribution < 1.29 is 14.7 Å². The van der Waals surface area contributed by atoms with E-state index in [-0.39, 0.29) is 18.0 Å². The van der Waals surface area contributed by atoms with Crippen molar-refractivity contribution in [2.75, 3.05) is 31.6 Å². The third-order valence-corrected chi connectivity index (χ3v) is 3.51. The molecule has 0 atom stereocenters. The normalized spacial score (nSPS) is 16.2. The molecule has 0 aromatic carbocycles. The largest absolute Gasteiger partial charge is 0.478 e. The van der Waals surface area contributed by atoms with Crippen LogP contribution in [-0.2, 0) is 4.79 Å². The third-order valence-electron chi connectivity index (χ3n) is 3.51. The van der Waals surface area contributed by atoms with E-state index in [2.05, 4.69) is 4.98 Å². The molecule has 1 fully saturated rings. The van der Waals surface area contributed by atoms with Gasteiger partial charge in [0.05, 0.1) is 6.54 Å². The number of aromatic nitrogens is 1. The molecule has 20 heavy (non-hydrogen) atoms. The molecule has 2 rings (SSSR count). The van der Waals surface area contributed by atoms with Crippen molar-refractivity contribution in [3.05, 3.63) is 22.9 Å². The van der Waals surface area contributed by atoms with Crippen molar-refractivity contribution in [2.45, 2.75) is 20.3 Å². The van der Waals surface area contributed by atoms with Crippen LogP contribution in [0.4, 0.5) is 5.82 Å². The van der Waals surface area contributed by atoms with Gasteiger partial charge in [-0.3, -0.25) is 4.79 Å². The lowest BCUT2D eigenvalue weighted by atomic mass is 10.1. The van der Waals surface area contributed by atoms with E-state index < -0.39 is 5.97 Å². The van der Waals surface area contributed by atoms with E-state index in [0.717, 1.165) is 12.1 Å². The molecule has 108 valence electrons. The van der Waals surface area contributed by atoms with Crippen molar-refractivity contribution in [1.29, 1.82) is 0 Å². The maximum absolute atomic E-state index is 12.0. The Bertz CT molecular complexity index is 557. The molecule has 6 heteroatoms. The van der Waals surface area contributed by atoms with Gasteiger partial charge in [0.25, 0.3) is 0 Å². The number of hydrogen-bond donors (Lipinski definition) is 1. The number of aryl methyl sites for hydroxylation is 2. The van der Waals surface area contributed by atoms with Gasteiger partial charge in [-0.05, 0) is 31.9 Å². The van der Waals surface area contributed by atoms with Crippen LogP contribution < -0.4 is 4.90 Å². The second-order valence-corrected chi connectivity index (χ2v) is 5.17. The number of likely N-dealkylation sites (N-methyl/N-ethyl adjacent to an activating group) is 1. The average Bonchev–Trinajstić information content (AvgIpc) is 2.50. The van der Waals surface area contributed by atoms with Gasteiger partial charge in [-0.15, -0.1) is 0 Å². The molecule has 1 saturated heterocycles. The Morgan fingerprint density at radius 2 is 2.05 bits per heavy atom. The summed E-state index contributed by atoms with van der Waals surface area (Å²) < 4.78 is 0. The number of hydrogen-bond acceptors (Lipinski definition) is 4. The minimum atomic E-state index is -1.00.